The van der Waals surface area contributed by atoms with E-state index in [1.807, 2.05) is 13.1 Å². The highest BCUT2D eigenvalue weighted by Gasteiger charge is 2.43. The van der Waals surface area contributed by atoms with E-state index in [1.54, 1.807) is 10.9 Å². The van der Waals surface area contributed by atoms with Gasteiger partial charge in [0.05, 0.1) is 11.2 Å². The molecule has 1 unspecified atom stereocenters. The average molecular weight is 251 g/mol. The number of rotatable bonds is 5. The maximum atomic E-state index is 10.9. The summed E-state index contributed by atoms with van der Waals surface area (Å²) in [5.74, 6) is 0. The summed E-state index contributed by atoms with van der Waals surface area (Å²) in [6.45, 7) is 6.58. The molecular formula is C14H25N3O. The van der Waals surface area contributed by atoms with E-state index >= 15 is 0 Å². The van der Waals surface area contributed by atoms with Crippen molar-refractivity contribution in [1.82, 2.24) is 14.7 Å². The summed E-state index contributed by atoms with van der Waals surface area (Å²) in [6, 6.07) is 1.93. The third kappa shape index (κ3) is 2.08. The highest BCUT2D eigenvalue weighted by Crippen LogP contribution is 2.38. The van der Waals surface area contributed by atoms with Crippen LogP contribution in [0.25, 0.3) is 0 Å². The van der Waals surface area contributed by atoms with E-state index < -0.39 is 6.10 Å². The van der Waals surface area contributed by atoms with Crippen molar-refractivity contribution < 1.29 is 5.11 Å². The van der Waals surface area contributed by atoms with Crippen molar-refractivity contribution in [3.63, 3.8) is 0 Å². The number of hydrogen-bond acceptors (Lipinski definition) is 3. The van der Waals surface area contributed by atoms with Gasteiger partial charge in [0.15, 0.2) is 0 Å². The molecule has 0 aliphatic carbocycles. The van der Waals surface area contributed by atoms with Gasteiger partial charge in [-0.15, -0.1) is 0 Å². The summed E-state index contributed by atoms with van der Waals surface area (Å²) in [7, 11) is 1.90. The summed E-state index contributed by atoms with van der Waals surface area (Å²) >= 11 is 0. The van der Waals surface area contributed by atoms with Crippen LogP contribution in [0, 0.1) is 0 Å². The second-order valence-corrected chi connectivity index (χ2v) is 5.29. The number of aliphatic hydroxyl groups is 1. The fourth-order valence-electron chi connectivity index (χ4n) is 3.35. The van der Waals surface area contributed by atoms with Gasteiger partial charge in [-0.2, -0.15) is 5.10 Å². The second kappa shape index (κ2) is 5.41. The van der Waals surface area contributed by atoms with Crippen molar-refractivity contribution in [3.05, 3.63) is 18.0 Å². The Bertz CT molecular complexity index is 378. The molecule has 0 aromatic carbocycles. The zero-order valence-electron chi connectivity index (χ0n) is 11.8. The van der Waals surface area contributed by atoms with Crippen LogP contribution in [0.3, 0.4) is 0 Å². The molecule has 0 spiro atoms. The van der Waals surface area contributed by atoms with Crippen LogP contribution in [0.4, 0.5) is 0 Å². The Labute approximate surface area is 110 Å². The van der Waals surface area contributed by atoms with Gasteiger partial charge in [-0.25, -0.2) is 0 Å². The lowest BCUT2D eigenvalue weighted by molar-refractivity contribution is -0.0334. The molecular weight excluding hydrogens is 226 g/mol. The van der Waals surface area contributed by atoms with Crippen LogP contribution < -0.4 is 0 Å². The van der Waals surface area contributed by atoms with Gasteiger partial charge in [-0.05, 0) is 44.8 Å². The molecule has 0 radical (unpaired) electrons. The van der Waals surface area contributed by atoms with Gasteiger partial charge in [0.2, 0.25) is 0 Å². The summed E-state index contributed by atoms with van der Waals surface area (Å²) in [5.41, 5.74) is 0.787. The fraction of sp³-hybridized carbons (Fsp3) is 0.786. The van der Waals surface area contributed by atoms with Crippen molar-refractivity contribution in [1.29, 1.82) is 0 Å². The molecule has 2 rings (SSSR count). The summed E-state index contributed by atoms with van der Waals surface area (Å²) < 4.78 is 1.79. The number of hydrogen-bond donors (Lipinski definition) is 1. The van der Waals surface area contributed by atoms with Crippen LogP contribution >= 0.6 is 0 Å². The van der Waals surface area contributed by atoms with Gasteiger partial charge in [0, 0.05) is 13.2 Å². The lowest BCUT2D eigenvalue weighted by atomic mass is 9.83. The minimum absolute atomic E-state index is 0.135. The highest BCUT2D eigenvalue weighted by molar-refractivity contribution is 5.12. The SMILES string of the molecule is CCC(CC)(C(O)c1ccnn1C)N1CCCC1. The van der Waals surface area contributed by atoms with Crippen LogP contribution in [0.2, 0.25) is 0 Å². The summed E-state index contributed by atoms with van der Waals surface area (Å²) in [4.78, 5) is 2.48. The molecule has 1 aliphatic rings. The summed E-state index contributed by atoms with van der Waals surface area (Å²) in [5, 5.41) is 15.0. The fourth-order valence-corrected chi connectivity index (χ4v) is 3.35. The Morgan fingerprint density at radius 1 is 1.33 bits per heavy atom. The van der Waals surface area contributed by atoms with E-state index in [-0.39, 0.29) is 5.54 Å². The Morgan fingerprint density at radius 2 is 1.94 bits per heavy atom. The normalized spacial score (nSPS) is 19.3. The third-order valence-corrected chi connectivity index (χ3v) is 4.61. The first-order chi connectivity index (χ1) is 8.65. The van der Waals surface area contributed by atoms with Gasteiger partial charge >= 0.3 is 0 Å². The van der Waals surface area contributed by atoms with Crippen LogP contribution in [-0.4, -0.2) is 38.4 Å². The first-order valence-electron chi connectivity index (χ1n) is 7.06. The molecule has 0 saturated carbocycles. The topological polar surface area (TPSA) is 41.3 Å². The van der Waals surface area contributed by atoms with Crippen molar-refractivity contribution >= 4 is 0 Å². The molecule has 4 heteroatoms. The van der Waals surface area contributed by atoms with Gasteiger partial charge in [0.1, 0.15) is 6.10 Å². The quantitative estimate of drug-likeness (QED) is 0.871. The van der Waals surface area contributed by atoms with E-state index in [2.05, 4.69) is 23.8 Å². The van der Waals surface area contributed by atoms with E-state index in [4.69, 9.17) is 0 Å². The van der Waals surface area contributed by atoms with E-state index in [1.165, 1.54) is 12.8 Å². The largest absolute Gasteiger partial charge is 0.385 e. The van der Waals surface area contributed by atoms with Crippen molar-refractivity contribution in [3.8, 4) is 0 Å². The van der Waals surface area contributed by atoms with Crippen LogP contribution in [-0.2, 0) is 7.05 Å². The smallest absolute Gasteiger partial charge is 0.114 e. The minimum atomic E-state index is -0.460. The van der Waals surface area contributed by atoms with Crippen molar-refractivity contribution in [2.45, 2.75) is 51.2 Å². The molecule has 1 aromatic rings. The molecule has 4 nitrogen and oxygen atoms in total. The van der Waals surface area contributed by atoms with E-state index in [0.29, 0.717) is 0 Å². The molecule has 102 valence electrons. The van der Waals surface area contributed by atoms with Gasteiger partial charge in [-0.3, -0.25) is 9.58 Å². The predicted octanol–water partition coefficient (Wildman–Crippen LogP) is 2.11. The number of aromatic nitrogens is 2. The molecule has 0 bridgehead atoms. The number of likely N-dealkylation sites (tertiary alicyclic amines) is 1. The lowest BCUT2D eigenvalue weighted by Crippen LogP contribution is -2.51. The second-order valence-electron chi connectivity index (χ2n) is 5.29. The maximum absolute atomic E-state index is 10.9. The maximum Gasteiger partial charge on any atom is 0.114 e. The zero-order chi connectivity index (χ0) is 13.2. The van der Waals surface area contributed by atoms with Crippen molar-refractivity contribution in [2.24, 2.45) is 7.05 Å². The van der Waals surface area contributed by atoms with Crippen LogP contribution in [0.15, 0.2) is 12.3 Å². The Balaban J connectivity index is 2.31. The lowest BCUT2D eigenvalue weighted by Gasteiger charge is -2.44. The monoisotopic (exact) mass is 251 g/mol. The Kier molecular flexibility index (Phi) is 4.07. The first-order valence-corrected chi connectivity index (χ1v) is 7.06. The molecule has 0 amide bonds. The van der Waals surface area contributed by atoms with Crippen molar-refractivity contribution in [2.75, 3.05) is 13.1 Å². The van der Waals surface area contributed by atoms with Gasteiger partial charge in [0.25, 0.3) is 0 Å². The molecule has 1 saturated heterocycles. The Hall–Kier alpha value is -0.870. The highest BCUT2D eigenvalue weighted by atomic mass is 16.3. The molecule has 2 heterocycles. The summed E-state index contributed by atoms with van der Waals surface area (Å²) in [6.07, 6.45) is 5.74. The van der Waals surface area contributed by atoms with Crippen LogP contribution in [0.5, 0.6) is 0 Å². The number of nitrogens with zero attached hydrogens (tertiary/aromatic N) is 3. The average Bonchev–Trinajstić information content (AvgIpc) is 3.02. The standard InChI is InChI=1S/C14H25N3O/c1-4-14(5-2,17-10-6-7-11-17)13(18)12-8-9-15-16(12)3/h8-9,13,18H,4-7,10-11H2,1-3H3. The molecule has 1 N–H and O–H groups in total. The van der Waals surface area contributed by atoms with Gasteiger partial charge < -0.3 is 5.11 Å². The Morgan fingerprint density at radius 3 is 2.39 bits per heavy atom. The molecule has 18 heavy (non-hydrogen) atoms. The number of aryl methyl sites for hydroxylation is 1. The first kappa shape index (κ1) is 13.6. The molecule has 1 aromatic heterocycles. The van der Waals surface area contributed by atoms with Gasteiger partial charge in [-0.1, -0.05) is 13.8 Å². The third-order valence-electron chi connectivity index (χ3n) is 4.61. The molecule has 1 fully saturated rings. The number of aliphatic hydroxyl groups excluding tert-OH is 1. The van der Waals surface area contributed by atoms with E-state index in [9.17, 15) is 5.11 Å². The molecule has 1 atom stereocenters. The predicted molar refractivity (Wildman–Crippen MR) is 72.3 cm³/mol. The zero-order valence-corrected chi connectivity index (χ0v) is 11.8. The molecule has 1 aliphatic heterocycles. The van der Waals surface area contributed by atoms with E-state index in [0.717, 1.165) is 31.6 Å². The minimum Gasteiger partial charge on any atom is -0.385 e. The van der Waals surface area contributed by atoms with Crippen LogP contribution in [0.1, 0.15) is 51.3 Å².